The molecule has 0 fully saturated rings. The molecule has 4 heteroatoms. The fourth-order valence-corrected chi connectivity index (χ4v) is 7.85. The summed E-state index contributed by atoms with van der Waals surface area (Å²) in [5.74, 6) is 1.81. The van der Waals surface area contributed by atoms with Crippen molar-refractivity contribution < 1.29 is 4.42 Å². The third-order valence-electron chi connectivity index (χ3n) is 10.0. The predicted molar refractivity (Wildman–Crippen MR) is 201 cm³/mol. The maximum Gasteiger partial charge on any atom is 0.167 e. The summed E-state index contributed by atoms with van der Waals surface area (Å²) < 4.78 is 6.72. The second-order valence-electron chi connectivity index (χ2n) is 12.7. The largest absolute Gasteiger partial charge is 0.455 e. The smallest absolute Gasteiger partial charge is 0.167 e. The van der Waals surface area contributed by atoms with Gasteiger partial charge in [-0.25, -0.2) is 15.0 Å². The number of para-hydroxylation sites is 1. The lowest BCUT2D eigenvalue weighted by Crippen LogP contribution is -2.28. The fraction of sp³-hybridized carbons (Fsp3) is 0.0217. The van der Waals surface area contributed by atoms with Crippen molar-refractivity contribution in [2.75, 3.05) is 0 Å². The molecule has 7 aromatic carbocycles. The highest BCUT2D eigenvalue weighted by Crippen LogP contribution is 2.56. The highest BCUT2D eigenvalue weighted by Gasteiger charge is 2.46. The fourth-order valence-electron chi connectivity index (χ4n) is 7.85. The van der Waals surface area contributed by atoms with E-state index in [-0.39, 0.29) is 0 Å². The Morgan fingerprint density at radius 2 is 0.900 bits per heavy atom. The minimum atomic E-state index is -0.493. The molecule has 0 saturated heterocycles. The van der Waals surface area contributed by atoms with Gasteiger partial charge in [-0.3, -0.25) is 0 Å². The van der Waals surface area contributed by atoms with E-state index in [9.17, 15) is 0 Å². The minimum absolute atomic E-state index is 0.493. The molecular formula is C46H29N3O. The van der Waals surface area contributed by atoms with E-state index in [0.29, 0.717) is 17.5 Å². The Morgan fingerprint density at radius 3 is 1.52 bits per heavy atom. The Bertz CT molecular complexity index is 2600. The highest BCUT2D eigenvalue weighted by molar-refractivity contribution is 6.09. The molecule has 234 valence electrons. The molecule has 0 radical (unpaired) electrons. The van der Waals surface area contributed by atoms with E-state index in [1.165, 1.54) is 33.4 Å². The van der Waals surface area contributed by atoms with Crippen LogP contribution in [-0.2, 0) is 5.41 Å². The van der Waals surface area contributed by atoms with Gasteiger partial charge in [0, 0.05) is 21.9 Å². The topological polar surface area (TPSA) is 51.8 Å². The first kappa shape index (κ1) is 28.4. The summed E-state index contributed by atoms with van der Waals surface area (Å²) in [6, 6.07) is 61.6. The molecule has 1 aliphatic carbocycles. The first-order chi connectivity index (χ1) is 24.8. The monoisotopic (exact) mass is 639 g/mol. The van der Waals surface area contributed by atoms with Crippen LogP contribution in [0.5, 0.6) is 0 Å². The standard InChI is InChI=1S/C46H29N3O/c1-4-15-30(16-5-1)43-47-44(31-17-6-2-7-18-31)49-45(48-43)37-24-14-23-36-38-29-33(27-28-41(38)50-42(36)37)46(32-19-8-3-9-20-32)39-25-12-10-21-34(39)35-22-11-13-26-40(35)46/h1-29H. The number of hydrogen-bond donors (Lipinski definition) is 0. The number of fused-ring (bicyclic) bond motifs is 6. The van der Waals surface area contributed by atoms with Crippen molar-refractivity contribution in [1.82, 2.24) is 15.0 Å². The molecule has 0 saturated carbocycles. The number of hydrogen-bond acceptors (Lipinski definition) is 4. The predicted octanol–water partition coefficient (Wildman–Crippen LogP) is 11.1. The van der Waals surface area contributed by atoms with Crippen LogP contribution < -0.4 is 0 Å². The Balaban J connectivity index is 1.21. The van der Waals surface area contributed by atoms with Gasteiger partial charge in [0.15, 0.2) is 17.5 Å². The zero-order chi connectivity index (χ0) is 33.1. The Morgan fingerprint density at radius 1 is 0.380 bits per heavy atom. The highest BCUT2D eigenvalue weighted by atomic mass is 16.3. The molecule has 50 heavy (non-hydrogen) atoms. The third-order valence-corrected chi connectivity index (χ3v) is 10.0. The van der Waals surface area contributed by atoms with Crippen molar-refractivity contribution in [2.45, 2.75) is 5.41 Å². The molecule has 10 rings (SSSR count). The van der Waals surface area contributed by atoms with Crippen LogP contribution in [0.2, 0.25) is 0 Å². The van der Waals surface area contributed by atoms with Crippen molar-refractivity contribution >= 4 is 21.9 Å². The van der Waals surface area contributed by atoms with E-state index in [0.717, 1.165) is 38.6 Å². The molecule has 0 aliphatic heterocycles. The van der Waals surface area contributed by atoms with Gasteiger partial charge >= 0.3 is 0 Å². The van der Waals surface area contributed by atoms with Gasteiger partial charge in [-0.1, -0.05) is 158 Å². The lowest BCUT2D eigenvalue weighted by molar-refractivity contribution is 0.668. The van der Waals surface area contributed by atoms with Gasteiger partial charge in [-0.05, 0) is 51.6 Å². The van der Waals surface area contributed by atoms with Gasteiger partial charge in [0.2, 0.25) is 0 Å². The molecule has 0 N–H and O–H groups in total. The van der Waals surface area contributed by atoms with Crippen molar-refractivity contribution in [3.05, 3.63) is 198 Å². The lowest BCUT2D eigenvalue weighted by Gasteiger charge is -2.33. The maximum atomic E-state index is 6.72. The van der Waals surface area contributed by atoms with E-state index in [2.05, 4.69) is 109 Å². The van der Waals surface area contributed by atoms with Crippen molar-refractivity contribution in [1.29, 1.82) is 0 Å². The van der Waals surface area contributed by atoms with E-state index >= 15 is 0 Å². The molecule has 0 unspecified atom stereocenters. The zero-order valence-corrected chi connectivity index (χ0v) is 27.0. The van der Waals surface area contributed by atoms with Gasteiger partial charge < -0.3 is 4.42 Å². The second kappa shape index (κ2) is 11.2. The van der Waals surface area contributed by atoms with Crippen molar-refractivity contribution in [2.24, 2.45) is 0 Å². The van der Waals surface area contributed by atoms with Crippen LogP contribution in [0.4, 0.5) is 0 Å². The summed E-state index contributed by atoms with van der Waals surface area (Å²) in [7, 11) is 0. The summed E-state index contributed by atoms with van der Waals surface area (Å²) in [5.41, 5.74) is 11.3. The number of furan rings is 1. The van der Waals surface area contributed by atoms with Gasteiger partial charge in [-0.2, -0.15) is 0 Å². The Labute approximate surface area is 289 Å². The lowest BCUT2D eigenvalue weighted by atomic mass is 9.67. The number of benzene rings is 7. The quantitative estimate of drug-likeness (QED) is 0.188. The number of rotatable bonds is 5. The van der Waals surface area contributed by atoms with Crippen LogP contribution in [0.25, 0.3) is 67.2 Å². The van der Waals surface area contributed by atoms with E-state index < -0.39 is 5.41 Å². The first-order valence-electron chi connectivity index (χ1n) is 16.9. The molecule has 4 nitrogen and oxygen atoms in total. The van der Waals surface area contributed by atoms with E-state index in [1.807, 2.05) is 66.7 Å². The van der Waals surface area contributed by atoms with Crippen LogP contribution in [0, 0.1) is 0 Å². The van der Waals surface area contributed by atoms with Gasteiger partial charge in [-0.15, -0.1) is 0 Å². The molecule has 2 aromatic heterocycles. The average Bonchev–Trinajstić information content (AvgIpc) is 3.72. The van der Waals surface area contributed by atoms with Gasteiger partial charge in [0.1, 0.15) is 11.2 Å². The summed E-state index contributed by atoms with van der Waals surface area (Å²) in [4.78, 5) is 14.9. The van der Waals surface area contributed by atoms with Crippen LogP contribution in [0.15, 0.2) is 180 Å². The first-order valence-corrected chi connectivity index (χ1v) is 16.9. The van der Waals surface area contributed by atoms with E-state index in [4.69, 9.17) is 19.4 Å². The normalized spacial score (nSPS) is 13.0. The molecular weight excluding hydrogens is 611 g/mol. The Kier molecular flexibility index (Phi) is 6.36. The number of aromatic nitrogens is 3. The van der Waals surface area contributed by atoms with Crippen molar-refractivity contribution in [3.8, 4) is 45.3 Å². The molecule has 2 heterocycles. The van der Waals surface area contributed by atoms with Crippen LogP contribution in [0.3, 0.4) is 0 Å². The van der Waals surface area contributed by atoms with Gasteiger partial charge in [0.05, 0.1) is 11.0 Å². The summed E-state index contributed by atoms with van der Waals surface area (Å²) in [5, 5.41) is 2.07. The van der Waals surface area contributed by atoms with Crippen LogP contribution >= 0.6 is 0 Å². The molecule has 1 aliphatic rings. The molecule has 0 bridgehead atoms. The van der Waals surface area contributed by atoms with E-state index in [1.54, 1.807) is 0 Å². The summed E-state index contributed by atoms with van der Waals surface area (Å²) >= 11 is 0. The van der Waals surface area contributed by atoms with Crippen LogP contribution in [0.1, 0.15) is 22.3 Å². The van der Waals surface area contributed by atoms with Crippen molar-refractivity contribution in [3.63, 3.8) is 0 Å². The summed E-state index contributed by atoms with van der Waals surface area (Å²) in [6.07, 6.45) is 0. The average molecular weight is 640 g/mol. The molecule has 9 aromatic rings. The molecule has 0 spiro atoms. The minimum Gasteiger partial charge on any atom is -0.455 e. The molecule has 0 atom stereocenters. The summed E-state index contributed by atoms with van der Waals surface area (Å²) in [6.45, 7) is 0. The Hall–Kier alpha value is -6.65. The number of nitrogens with zero attached hydrogens (tertiary/aromatic N) is 3. The zero-order valence-electron chi connectivity index (χ0n) is 27.0. The van der Waals surface area contributed by atoms with Crippen LogP contribution in [-0.4, -0.2) is 15.0 Å². The second-order valence-corrected chi connectivity index (χ2v) is 12.7. The maximum absolute atomic E-state index is 6.72. The molecule has 0 amide bonds. The van der Waals surface area contributed by atoms with Gasteiger partial charge in [0.25, 0.3) is 0 Å². The third kappa shape index (κ3) is 4.22. The SMILES string of the molecule is c1ccc(-c2nc(-c3ccccc3)nc(-c3cccc4c3oc3ccc(C5(c6ccccc6)c6ccccc6-c6ccccc65)cc34)n2)cc1.